The third-order valence-electron chi connectivity index (χ3n) is 4.06. The molecule has 2 heterocycles. The third kappa shape index (κ3) is 2.30. The first-order valence-corrected chi connectivity index (χ1v) is 7.21. The van der Waals surface area contributed by atoms with Gasteiger partial charge in [0.1, 0.15) is 5.82 Å². The van der Waals surface area contributed by atoms with Crippen LogP contribution < -0.4 is 5.63 Å². The van der Waals surface area contributed by atoms with Crippen molar-refractivity contribution in [3.05, 3.63) is 81.7 Å². The molecule has 1 aliphatic heterocycles. The molecule has 0 radical (unpaired) electrons. The highest BCUT2D eigenvalue weighted by molar-refractivity contribution is 5.95. The lowest BCUT2D eigenvalue weighted by Gasteiger charge is -2.14. The van der Waals surface area contributed by atoms with Crippen molar-refractivity contribution >= 4 is 16.7 Å². The van der Waals surface area contributed by atoms with Crippen LogP contribution in [0.15, 0.2) is 57.7 Å². The van der Waals surface area contributed by atoms with Gasteiger partial charge in [-0.15, -0.1) is 0 Å². The van der Waals surface area contributed by atoms with Crippen molar-refractivity contribution in [3.8, 4) is 0 Å². The van der Waals surface area contributed by atoms with Gasteiger partial charge in [0.2, 0.25) is 0 Å². The minimum Gasteiger partial charge on any atom is -0.417 e. The van der Waals surface area contributed by atoms with Crippen molar-refractivity contribution in [2.45, 2.75) is 13.1 Å². The average molecular weight is 309 g/mol. The van der Waals surface area contributed by atoms with E-state index in [9.17, 15) is 14.0 Å². The molecule has 2 aromatic carbocycles. The standard InChI is InChI=1S/C18H12FNO3/c19-14-5-6-15-13(7-14)8-16(23-18(15)22)17(21)20-9-11-3-1-2-4-12(11)10-20/h1-8H,9-10H2. The fourth-order valence-corrected chi connectivity index (χ4v) is 2.90. The molecule has 4 rings (SSSR count). The molecular weight excluding hydrogens is 297 g/mol. The second kappa shape index (κ2) is 5.05. The van der Waals surface area contributed by atoms with Crippen molar-refractivity contribution < 1.29 is 13.6 Å². The molecule has 5 heteroatoms. The zero-order chi connectivity index (χ0) is 16.0. The summed E-state index contributed by atoms with van der Waals surface area (Å²) in [5, 5.41) is 0.619. The molecule has 4 nitrogen and oxygen atoms in total. The number of carbonyl (C=O) groups excluding carboxylic acids is 1. The summed E-state index contributed by atoms with van der Waals surface area (Å²) in [7, 11) is 0. The normalized spacial score (nSPS) is 13.3. The SMILES string of the molecule is O=C(c1cc2cc(F)ccc2c(=O)o1)N1Cc2ccccc2C1. The third-order valence-corrected chi connectivity index (χ3v) is 4.06. The summed E-state index contributed by atoms with van der Waals surface area (Å²) < 4.78 is 18.5. The molecule has 114 valence electrons. The fourth-order valence-electron chi connectivity index (χ4n) is 2.90. The van der Waals surface area contributed by atoms with Gasteiger partial charge in [0, 0.05) is 13.1 Å². The van der Waals surface area contributed by atoms with E-state index in [0.717, 1.165) is 11.1 Å². The van der Waals surface area contributed by atoms with E-state index < -0.39 is 11.4 Å². The molecule has 1 amide bonds. The zero-order valence-electron chi connectivity index (χ0n) is 12.1. The van der Waals surface area contributed by atoms with Crippen molar-refractivity contribution in [1.82, 2.24) is 4.90 Å². The quantitative estimate of drug-likeness (QED) is 0.694. The average Bonchev–Trinajstić information content (AvgIpc) is 2.97. The van der Waals surface area contributed by atoms with Gasteiger partial charge in [0.15, 0.2) is 5.76 Å². The van der Waals surface area contributed by atoms with Gasteiger partial charge in [0.25, 0.3) is 5.91 Å². The van der Waals surface area contributed by atoms with Gasteiger partial charge in [0.05, 0.1) is 5.39 Å². The lowest BCUT2D eigenvalue weighted by atomic mass is 10.1. The van der Waals surface area contributed by atoms with Crippen molar-refractivity contribution in [1.29, 1.82) is 0 Å². The Morgan fingerprint density at radius 2 is 1.74 bits per heavy atom. The predicted molar refractivity (Wildman–Crippen MR) is 82.5 cm³/mol. The van der Waals surface area contributed by atoms with Crippen LogP contribution in [0.5, 0.6) is 0 Å². The Labute approximate surface area is 130 Å². The Morgan fingerprint density at radius 3 is 2.43 bits per heavy atom. The maximum Gasteiger partial charge on any atom is 0.344 e. The number of hydrogen-bond donors (Lipinski definition) is 0. The van der Waals surface area contributed by atoms with E-state index in [1.165, 1.54) is 24.3 Å². The minimum atomic E-state index is -0.637. The Hall–Kier alpha value is -2.95. The Bertz CT molecular complexity index is 968. The molecule has 0 unspecified atom stereocenters. The second-order valence-corrected chi connectivity index (χ2v) is 5.56. The molecule has 0 N–H and O–H groups in total. The van der Waals surface area contributed by atoms with Crippen LogP contribution in [-0.2, 0) is 13.1 Å². The fraction of sp³-hybridized carbons (Fsp3) is 0.111. The van der Waals surface area contributed by atoms with Crippen molar-refractivity contribution in [2.24, 2.45) is 0 Å². The summed E-state index contributed by atoms with van der Waals surface area (Å²) >= 11 is 0. The van der Waals surface area contributed by atoms with Crippen molar-refractivity contribution in [2.75, 3.05) is 0 Å². The van der Waals surface area contributed by atoms with E-state index in [2.05, 4.69) is 0 Å². The monoisotopic (exact) mass is 309 g/mol. The summed E-state index contributed by atoms with van der Waals surface area (Å²) in [4.78, 5) is 26.2. The van der Waals surface area contributed by atoms with E-state index in [4.69, 9.17) is 4.42 Å². The molecule has 23 heavy (non-hydrogen) atoms. The number of carbonyl (C=O) groups is 1. The molecule has 3 aromatic rings. The van der Waals surface area contributed by atoms with Crippen molar-refractivity contribution in [3.63, 3.8) is 0 Å². The number of nitrogens with zero attached hydrogens (tertiary/aromatic N) is 1. The van der Waals surface area contributed by atoms with Gasteiger partial charge in [-0.05, 0) is 40.8 Å². The topological polar surface area (TPSA) is 50.5 Å². The Balaban J connectivity index is 1.72. The number of hydrogen-bond acceptors (Lipinski definition) is 3. The Kier molecular flexibility index (Phi) is 3.01. The predicted octanol–water partition coefficient (Wildman–Crippen LogP) is 3.09. The van der Waals surface area contributed by atoms with Gasteiger partial charge in [-0.25, -0.2) is 9.18 Å². The largest absolute Gasteiger partial charge is 0.417 e. The van der Waals surface area contributed by atoms with Crippen LogP contribution in [-0.4, -0.2) is 10.8 Å². The molecule has 0 saturated carbocycles. The number of amides is 1. The molecule has 0 atom stereocenters. The number of benzene rings is 2. The van der Waals surface area contributed by atoms with Gasteiger partial charge < -0.3 is 9.32 Å². The van der Waals surface area contributed by atoms with Crippen LogP contribution in [0.3, 0.4) is 0 Å². The summed E-state index contributed by atoms with van der Waals surface area (Å²) in [6.07, 6.45) is 0. The summed E-state index contributed by atoms with van der Waals surface area (Å²) in [6, 6.07) is 13.0. The molecule has 1 aliphatic rings. The molecule has 0 fully saturated rings. The van der Waals surface area contributed by atoms with Crippen LogP contribution in [0.25, 0.3) is 10.8 Å². The lowest BCUT2D eigenvalue weighted by molar-refractivity contribution is 0.0715. The maximum absolute atomic E-state index is 13.4. The summed E-state index contributed by atoms with van der Waals surface area (Å²) in [5.74, 6) is -0.902. The highest BCUT2D eigenvalue weighted by Crippen LogP contribution is 2.24. The van der Waals surface area contributed by atoms with E-state index in [0.29, 0.717) is 18.5 Å². The number of halogens is 1. The van der Waals surface area contributed by atoms with E-state index >= 15 is 0 Å². The van der Waals surface area contributed by atoms with Gasteiger partial charge >= 0.3 is 5.63 Å². The first-order chi connectivity index (χ1) is 11.1. The second-order valence-electron chi connectivity index (χ2n) is 5.56. The summed E-state index contributed by atoms with van der Waals surface area (Å²) in [5.41, 5.74) is 1.52. The van der Waals surface area contributed by atoms with Crippen LogP contribution in [0, 0.1) is 5.82 Å². The molecule has 0 spiro atoms. The zero-order valence-corrected chi connectivity index (χ0v) is 12.1. The minimum absolute atomic E-state index is 0.0686. The first-order valence-electron chi connectivity index (χ1n) is 7.21. The first kappa shape index (κ1) is 13.7. The van der Waals surface area contributed by atoms with Crippen LogP contribution in [0.2, 0.25) is 0 Å². The Morgan fingerprint density at radius 1 is 1.04 bits per heavy atom. The van der Waals surface area contributed by atoms with Gasteiger partial charge in [-0.1, -0.05) is 24.3 Å². The summed E-state index contributed by atoms with van der Waals surface area (Å²) in [6.45, 7) is 0.944. The van der Waals surface area contributed by atoms with Gasteiger partial charge in [-0.2, -0.15) is 0 Å². The maximum atomic E-state index is 13.4. The van der Waals surface area contributed by atoms with E-state index in [1.54, 1.807) is 4.90 Å². The van der Waals surface area contributed by atoms with Crippen LogP contribution in [0.1, 0.15) is 21.7 Å². The van der Waals surface area contributed by atoms with E-state index in [-0.39, 0.29) is 17.1 Å². The molecular formula is C18H12FNO3. The van der Waals surface area contributed by atoms with Crippen LogP contribution in [0.4, 0.5) is 4.39 Å². The smallest absolute Gasteiger partial charge is 0.344 e. The molecule has 0 aliphatic carbocycles. The lowest BCUT2D eigenvalue weighted by Crippen LogP contribution is -2.26. The highest BCUT2D eigenvalue weighted by Gasteiger charge is 2.26. The molecule has 0 bridgehead atoms. The molecule has 0 saturated heterocycles. The van der Waals surface area contributed by atoms with E-state index in [1.807, 2.05) is 24.3 Å². The highest BCUT2D eigenvalue weighted by atomic mass is 19.1. The van der Waals surface area contributed by atoms with Gasteiger partial charge in [-0.3, -0.25) is 4.79 Å². The number of rotatable bonds is 1. The molecule has 1 aromatic heterocycles. The van der Waals surface area contributed by atoms with Crippen LogP contribution >= 0.6 is 0 Å². The number of fused-ring (bicyclic) bond motifs is 2.